The van der Waals surface area contributed by atoms with Gasteiger partial charge in [0.15, 0.2) is 0 Å². The second kappa shape index (κ2) is 8.10. The van der Waals surface area contributed by atoms with Crippen LogP contribution in [0.2, 0.25) is 0 Å². The average Bonchev–Trinajstić information content (AvgIpc) is 2.34. The third-order valence-electron chi connectivity index (χ3n) is 4.06. The van der Waals surface area contributed by atoms with Crippen LogP contribution in [-0.2, 0) is 4.74 Å². The second-order valence-corrected chi connectivity index (χ2v) is 5.58. The lowest BCUT2D eigenvalue weighted by Gasteiger charge is -2.36. The summed E-state index contributed by atoms with van der Waals surface area (Å²) < 4.78 is 40.7. The van der Waals surface area contributed by atoms with Gasteiger partial charge < -0.3 is 10.1 Å². The molecule has 0 heterocycles. The van der Waals surface area contributed by atoms with Crippen molar-refractivity contribution in [3.63, 3.8) is 0 Å². The van der Waals surface area contributed by atoms with Gasteiger partial charge in [-0.15, -0.1) is 0 Å². The van der Waals surface area contributed by atoms with Crippen molar-refractivity contribution in [2.75, 3.05) is 20.3 Å². The molecule has 0 aromatic heterocycles. The smallest absolute Gasteiger partial charge is 0.372 e. The topological polar surface area (TPSA) is 21.3 Å². The van der Waals surface area contributed by atoms with Crippen molar-refractivity contribution < 1.29 is 17.9 Å². The van der Waals surface area contributed by atoms with Gasteiger partial charge in [0.25, 0.3) is 0 Å². The van der Waals surface area contributed by atoms with Crippen molar-refractivity contribution in [3.8, 4) is 0 Å². The van der Waals surface area contributed by atoms with E-state index in [0.29, 0.717) is 12.0 Å². The standard InChI is InChI=1S/C14H26F3NO/c1-3-4-11-5-6-13(18-2)12(9-11)7-8-19-10-14(15,16)17/h11-13,18H,3-10H2,1-2H3. The second-order valence-electron chi connectivity index (χ2n) is 5.58. The van der Waals surface area contributed by atoms with E-state index >= 15 is 0 Å². The van der Waals surface area contributed by atoms with Crippen LogP contribution in [0, 0.1) is 11.8 Å². The maximum Gasteiger partial charge on any atom is 0.411 e. The Hall–Kier alpha value is -0.290. The SMILES string of the molecule is CCCC1CCC(NC)C(CCOCC(F)(F)F)C1. The summed E-state index contributed by atoms with van der Waals surface area (Å²) >= 11 is 0. The van der Waals surface area contributed by atoms with Crippen LogP contribution >= 0.6 is 0 Å². The molecule has 3 unspecified atom stereocenters. The number of alkyl halides is 3. The zero-order valence-corrected chi connectivity index (χ0v) is 11.9. The molecule has 0 aromatic carbocycles. The van der Waals surface area contributed by atoms with Gasteiger partial charge in [0, 0.05) is 12.6 Å². The van der Waals surface area contributed by atoms with Gasteiger partial charge in [-0.2, -0.15) is 13.2 Å². The summed E-state index contributed by atoms with van der Waals surface area (Å²) in [6.45, 7) is 1.27. The Bertz CT molecular complexity index is 245. The minimum Gasteiger partial charge on any atom is -0.372 e. The first-order valence-corrected chi connectivity index (χ1v) is 7.28. The van der Waals surface area contributed by atoms with Crippen LogP contribution in [0.15, 0.2) is 0 Å². The van der Waals surface area contributed by atoms with Gasteiger partial charge in [0.1, 0.15) is 6.61 Å². The molecule has 1 fully saturated rings. The predicted molar refractivity (Wildman–Crippen MR) is 70.1 cm³/mol. The molecule has 0 aromatic rings. The van der Waals surface area contributed by atoms with Crippen molar-refractivity contribution in [1.29, 1.82) is 0 Å². The Morgan fingerprint density at radius 2 is 1.95 bits per heavy atom. The van der Waals surface area contributed by atoms with Gasteiger partial charge in [0.05, 0.1) is 0 Å². The molecular formula is C14H26F3NO. The van der Waals surface area contributed by atoms with Crippen molar-refractivity contribution in [2.24, 2.45) is 11.8 Å². The first kappa shape index (κ1) is 16.8. The number of hydrogen-bond donors (Lipinski definition) is 1. The fraction of sp³-hybridized carbons (Fsp3) is 1.00. The quantitative estimate of drug-likeness (QED) is 0.717. The highest BCUT2D eigenvalue weighted by Crippen LogP contribution is 2.34. The van der Waals surface area contributed by atoms with Crippen molar-refractivity contribution in [2.45, 2.75) is 57.7 Å². The molecule has 0 bridgehead atoms. The zero-order chi connectivity index (χ0) is 14.3. The van der Waals surface area contributed by atoms with E-state index in [4.69, 9.17) is 4.74 Å². The summed E-state index contributed by atoms with van der Waals surface area (Å²) in [5.74, 6) is 1.19. The minimum atomic E-state index is -4.21. The number of rotatable bonds is 7. The summed E-state index contributed by atoms with van der Waals surface area (Å²) in [5.41, 5.74) is 0. The fourth-order valence-electron chi connectivity index (χ4n) is 3.15. The van der Waals surface area contributed by atoms with Crippen molar-refractivity contribution in [3.05, 3.63) is 0 Å². The molecule has 1 aliphatic rings. The fourth-order valence-corrected chi connectivity index (χ4v) is 3.15. The number of nitrogens with one attached hydrogen (secondary N) is 1. The summed E-state index contributed by atoms with van der Waals surface area (Å²) in [4.78, 5) is 0. The molecule has 1 rings (SSSR count). The van der Waals surface area contributed by atoms with Gasteiger partial charge in [-0.3, -0.25) is 0 Å². The lowest BCUT2D eigenvalue weighted by atomic mass is 9.75. The zero-order valence-electron chi connectivity index (χ0n) is 11.9. The maximum atomic E-state index is 12.0. The normalized spacial score (nSPS) is 28.6. The van der Waals surface area contributed by atoms with Crippen LogP contribution in [0.4, 0.5) is 13.2 Å². The van der Waals surface area contributed by atoms with Gasteiger partial charge >= 0.3 is 6.18 Å². The monoisotopic (exact) mass is 281 g/mol. The molecule has 1 aliphatic carbocycles. The molecule has 0 saturated heterocycles. The van der Waals surface area contributed by atoms with E-state index in [1.807, 2.05) is 7.05 Å². The van der Waals surface area contributed by atoms with Gasteiger partial charge in [-0.25, -0.2) is 0 Å². The van der Waals surface area contributed by atoms with E-state index < -0.39 is 12.8 Å². The summed E-state index contributed by atoms with van der Waals surface area (Å²) in [6, 6.07) is 0.433. The molecule has 0 aliphatic heterocycles. The molecule has 0 radical (unpaired) electrons. The summed E-state index contributed by atoms with van der Waals surface area (Å²) in [6.07, 6.45) is 2.42. The van der Waals surface area contributed by atoms with Crippen LogP contribution in [0.3, 0.4) is 0 Å². The molecule has 1 saturated carbocycles. The molecule has 2 nitrogen and oxygen atoms in total. The van der Waals surface area contributed by atoms with Crippen molar-refractivity contribution >= 4 is 0 Å². The third kappa shape index (κ3) is 6.61. The molecular weight excluding hydrogens is 255 g/mol. The van der Waals surface area contributed by atoms with E-state index in [1.165, 1.54) is 19.3 Å². The first-order chi connectivity index (χ1) is 8.96. The molecule has 1 N–H and O–H groups in total. The molecule has 3 atom stereocenters. The van der Waals surface area contributed by atoms with E-state index in [0.717, 1.165) is 25.2 Å². The number of ether oxygens (including phenoxy) is 1. The molecule has 114 valence electrons. The van der Waals surface area contributed by atoms with Crippen molar-refractivity contribution in [1.82, 2.24) is 5.32 Å². The molecule has 5 heteroatoms. The van der Waals surface area contributed by atoms with E-state index in [1.54, 1.807) is 0 Å². The predicted octanol–water partition coefficient (Wildman–Crippen LogP) is 3.76. The Kier molecular flexibility index (Phi) is 7.15. The Balaban J connectivity index is 2.30. The van der Waals surface area contributed by atoms with Gasteiger partial charge in [0.2, 0.25) is 0 Å². The van der Waals surface area contributed by atoms with Gasteiger partial charge in [-0.05, 0) is 44.6 Å². The Morgan fingerprint density at radius 3 is 2.53 bits per heavy atom. The third-order valence-corrected chi connectivity index (χ3v) is 4.06. The summed E-state index contributed by atoms with van der Waals surface area (Å²) in [7, 11) is 1.94. The van der Waals surface area contributed by atoms with E-state index in [-0.39, 0.29) is 6.61 Å². The Labute approximate surface area is 114 Å². The minimum absolute atomic E-state index is 0.210. The summed E-state index contributed by atoms with van der Waals surface area (Å²) in [5, 5.41) is 3.30. The molecule has 0 amide bonds. The largest absolute Gasteiger partial charge is 0.411 e. The van der Waals surface area contributed by atoms with Crippen LogP contribution in [-0.4, -0.2) is 32.5 Å². The highest BCUT2D eigenvalue weighted by molar-refractivity contribution is 4.83. The number of hydrogen-bond acceptors (Lipinski definition) is 2. The van der Waals surface area contributed by atoms with Crippen LogP contribution in [0.25, 0.3) is 0 Å². The van der Waals surface area contributed by atoms with E-state index in [2.05, 4.69) is 12.2 Å². The van der Waals surface area contributed by atoms with Crippen LogP contribution < -0.4 is 5.32 Å². The lowest BCUT2D eigenvalue weighted by Crippen LogP contribution is -2.39. The molecule has 19 heavy (non-hydrogen) atoms. The number of halogens is 3. The maximum absolute atomic E-state index is 12.0. The van der Waals surface area contributed by atoms with E-state index in [9.17, 15) is 13.2 Å². The Morgan fingerprint density at radius 1 is 1.21 bits per heavy atom. The van der Waals surface area contributed by atoms with Crippen LogP contribution in [0.5, 0.6) is 0 Å². The highest BCUT2D eigenvalue weighted by Gasteiger charge is 2.30. The van der Waals surface area contributed by atoms with Gasteiger partial charge in [-0.1, -0.05) is 19.8 Å². The average molecular weight is 281 g/mol. The van der Waals surface area contributed by atoms with Crippen LogP contribution in [0.1, 0.15) is 45.4 Å². The lowest BCUT2D eigenvalue weighted by molar-refractivity contribution is -0.174. The molecule has 0 spiro atoms. The highest BCUT2D eigenvalue weighted by atomic mass is 19.4. The first-order valence-electron chi connectivity index (χ1n) is 7.28.